The second kappa shape index (κ2) is 6.67. The van der Waals surface area contributed by atoms with Crippen molar-refractivity contribution < 1.29 is 22.3 Å². The number of rotatable bonds is 4. The second-order valence-corrected chi connectivity index (χ2v) is 5.25. The van der Waals surface area contributed by atoms with Crippen LogP contribution in [0, 0.1) is 11.6 Å². The highest BCUT2D eigenvalue weighted by molar-refractivity contribution is 6.32. The molecule has 0 saturated heterocycles. The van der Waals surface area contributed by atoms with E-state index in [0.717, 1.165) is 18.3 Å². The Labute approximate surface area is 143 Å². The van der Waals surface area contributed by atoms with Gasteiger partial charge in [0.05, 0.1) is 17.3 Å². The van der Waals surface area contributed by atoms with Crippen LogP contribution in [0.25, 0.3) is 22.8 Å². The van der Waals surface area contributed by atoms with Gasteiger partial charge in [-0.05, 0) is 18.2 Å². The Morgan fingerprint density at radius 1 is 1.12 bits per heavy atom. The predicted molar refractivity (Wildman–Crippen MR) is 81.2 cm³/mol. The van der Waals surface area contributed by atoms with E-state index in [-0.39, 0.29) is 33.7 Å². The lowest BCUT2D eigenvalue weighted by molar-refractivity contribution is -0.0500. The number of nitrogens with zero attached hydrogens (tertiary/aromatic N) is 4. The van der Waals surface area contributed by atoms with Crippen molar-refractivity contribution >= 4 is 11.6 Å². The first-order valence-corrected chi connectivity index (χ1v) is 7.20. The number of hydrogen-bond donors (Lipinski definition) is 0. The van der Waals surface area contributed by atoms with Gasteiger partial charge in [-0.2, -0.15) is 8.78 Å². The maximum Gasteiger partial charge on any atom is 0.387 e. The van der Waals surface area contributed by atoms with Gasteiger partial charge in [0, 0.05) is 7.05 Å². The van der Waals surface area contributed by atoms with Gasteiger partial charge in [0.1, 0.15) is 22.5 Å². The Morgan fingerprint density at radius 3 is 2.40 bits per heavy atom. The lowest BCUT2D eigenvalue weighted by Crippen LogP contribution is -2.04. The maximum atomic E-state index is 14.0. The summed E-state index contributed by atoms with van der Waals surface area (Å²) in [6, 6.07) is 4.57. The molecule has 0 amide bonds. The molecular weight excluding hydrogens is 364 g/mol. The van der Waals surface area contributed by atoms with Crippen LogP contribution in [-0.2, 0) is 7.05 Å². The molecule has 0 aliphatic heterocycles. The molecule has 0 aliphatic carbocycles. The molecule has 0 atom stereocenters. The molecule has 0 bridgehead atoms. The van der Waals surface area contributed by atoms with Crippen LogP contribution in [0.5, 0.6) is 5.75 Å². The second-order valence-electron chi connectivity index (χ2n) is 4.89. The number of ether oxygens (including phenoxy) is 1. The first-order valence-electron chi connectivity index (χ1n) is 6.83. The fourth-order valence-corrected chi connectivity index (χ4v) is 2.43. The van der Waals surface area contributed by atoms with E-state index in [1.54, 1.807) is 0 Å². The Morgan fingerprint density at radius 2 is 1.76 bits per heavy atom. The van der Waals surface area contributed by atoms with E-state index in [0.29, 0.717) is 0 Å². The summed E-state index contributed by atoms with van der Waals surface area (Å²) in [6.07, 6.45) is 1.02. The summed E-state index contributed by atoms with van der Waals surface area (Å²) in [5.74, 6) is -1.89. The normalized spacial score (nSPS) is 11.2. The summed E-state index contributed by atoms with van der Waals surface area (Å²) in [5.41, 5.74) is -0.245. The summed E-state index contributed by atoms with van der Waals surface area (Å²) in [6.45, 7) is -3.04. The van der Waals surface area contributed by atoms with Crippen LogP contribution >= 0.6 is 11.6 Å². The largest absolute Gasteiger partial charge is 0.433 e. The minimum absolute atomic E-state index is 0.0577. The molecule has 5 nitrogen and oxygen atoms in total. The molecule has 25 heavy (non-hydrogen) atoms. The molecule has 0 fully saturated rings. The Balaban J connectivity index is 2.11. The van der Waals surface area contributed by atoms with Gasteiger partial charge in [-0.1, -0.05) is 17.7 Å². The Bertz CT molecular complexity index is 912. The van der Waals surface area contributed by atoms with Crippen molar-refractivity contribution in [2.45, 2.75) is 6.61 Å². The molecule has 130 valence electrons. The van der Waals surface area contributed by atoms with Crippen LogP contribution < -0.4 is 4.74 Å². The highest BCUT2D eigenvalue weighted by Crippen LogP contribution is 2.32. The molecule has 0 N–H and O–H groups in total. The third-order valence-electron chi connectivity index (χ3n) is 3.34. The topological polar surface area (TPSA) is 52.8 Å². The molecule has 0 aliphatic rings. The van der Waals surface area contributed by atoms with E-state index in [1.165, 1.54) is 23.7 Å². The molecule has 2 heterocycles. The van der Waals surface area contributed by atoms with Gasteiger partial charge >= 0.3 is 6.61 Å². The van der Waals surface area contributed by atoms with Gasteiger partial charge in [0.2, 0.25) is 0 Å². The first-order chi connectivity index (χ1) is 11.9. The van der Waals surface area contributed by atoms with Gasteiger partial charge < -0.3 is 9.30 Å². The summed E-state index contributed by atoms with van der Waals surface area (Å²) >= 11 is 5.97. The number of alkyl halides is 2. The number of aromatic nitrogens is 4. The highest BCUT2D eigenvalue weighted by Gasteiger charge is 2.21. The smallest absolute Gasteiger partial charge is 0.387 e. The summed E-state index contributed by atoms with van der Waals surface area (Å²) < 4.78 is 58.1. The van der Waals surface area contributed by atoms with Crippen molar-refractivity contribution in [3.05, 3.63) is 47.2 Å². The van der Waals surface area contributed by atoms with Crippen molar-refractivity contribution in [3.63, 3.8) is 0 Å². The predicted octanol–water partition coefficient (Wildman–Crippen LogP) is 4.08. The van der Waals surface area contributed by atoms with Crippen molar-refractivity contribution in [2.24, 2.45) is 7.05 Å². The molecule has 0 unspecified atom stereocenters. The van der Waals surface area contributed by atoms with E-state index in [2.05, 4.69) is 19.9 Å². The van der Waals surface area contributed by atoms with Crippen molar-refractivity contribution in [3.8, 4) is 28.5 Å². The molecular formula is C15H9ClF4N4O. The summed E-state index contributed by atoms with van der Waals surface area (Å²) in [7, 11) is 1.45. The quantitative estimate of drug-likeness (QED) is 0.511. The van der Waals surface area contributed by atoms with Crippen LogP contribution in [0.3, 0.4) is 0 Å². The van der Waals surface area contributed by atoms with Crippen molar-refractivity contribution in [2.75, 3.05) is 0 Å². The lowest BCUT2D eigenvalue weighted by atomic mass is 10.2. The standard InChI is InChI=1S/C15H9ClF4N4O/c1-24-13(8-5-7(25-15(19)20)6-21-12(8)16)22-23-14(24)11-9(17)3-2-4-10(11)18/h2-6,15H,1H3. The zero-order chi connectivity index (χ0) is 18.1. The lowest BCUT2D eigenvalue weighted by Gasteiger charge is -2.09. The molecule has 10 heteroatoms. The Hall–Kier alpha value is -2.68. The van der Waals surface area contributed by atoms with E-state index >= 15 is 0 Å². The molecule has 0 spiro atoms. The fraction of sp³-hybridized carbons (Fsp3) is 0.133. The average Bonchev–Trinajstić information content (AvgIpc) is 2.90. The van der Waals surface area contributed by atoms with Gasteiger partial charge in [-0.15, -0.1) is 10.2 Å². The monoisotopic (exact) mass is 372 g/mol. The third kappa shape index (κ3) is 3.27. The molecule has 0 radical (unpaired) electrons. The number of pyridine rings is 1. The number of halogens is 5. The Kier molecular flexibility index (Phi) is 4.58. The van der Waals surface area contributed by atoms with Gasteiger partial charge in [-0.25, -0.2) is 13.8 Å². The molecule has 3 rings (SSSR count). The third-order valence-corrected chi connectivity index (χ3v) is 3.64. The first kappa shape index (κ1) is 17.2. The molecule has 0 saturated carbocycles. The minimum Gasteiger partial charge on any atom is -0.433 e. The molecule has 1 aromatic carbocycles. The van der Waals surface area contributed by atoms with E-state index < -0.39 is 18.2 Å². The summed E-state index contributed by atoms with van der Waals surface area (Å²) in [5, 5.41) is 7.55. The maximum absolute atomic E-state index is 14.0. The van der Waals surface area contributed by atoms with Crippen LogP contribution in [0.1, 0.15) is 0 Å². The van der Waals surface area contributed by atoms with Gasteiger partial charge in [0.15, 0.2) is 11.6 Å². The van der Waals surface area contributed by atoms with Gasteiger partial charge in [-0.3, -0.25) is 0 Å². The zero-order valence-electron chi connectivity index (χ0n) is 12.6. The molecule has 2 aromatic heterocycles. The summed E-state index contributed by atoms with van der Waals surface area (Å²) in [4.78, 5) is 3.74. The van der Waals surface area contributed by atoms with Crippen LogP contribution in [-0.4, -0.2) is 26.4 Å². The van der Waals surface area contributed by atoms with Gasteiger partial charge in [0.25, 0.3) is 0 Å². The average molecular weight is 373 g/mol. The van der Waals surface area contributed by atoms with E-state index in [1.807, 2.05) is 0 Å². The van der Waals surface area contributed by atoms with Crippen molar-refractivity contribution in [1.29, 1.82) is 0 Å². The number of benzene rings is 1. The van der Waals surface area contributed by atoms with Crippen LogP contribution in [0.2, 0.25) is 5.15 Å². The van der Waals surface area contributed by atoms with Crippen molar-refractivity contribution in [1.82, 2.24) is 19.7 Å². The van der Waals surface area contributed by atoms with Crippen LogP contribution in [0.4, 0.5) is 17.6 Å². The molecule has 3 aromatic rings. The SMILES string of the molecule is Cn1c(-c2cc(OC(F)F)cnc2Cl)nnc1-c1c(F)cccc1F. The fourth-order valence-electron chi connectivity index (χ4n) is 2.25. The van der Waals surface area contributed by atoms with Crippen LogP contribution in [0.15, 0.2) is 30.5 Å². The highest BCUT2D eigenvalue weighted by atomic mass is 35.5. The van der Waals surface area contributed by atoms with E-state index in [4.69, 9.17) is 11.6 Å². The minimum atomic E-state index is -3.04. The zero-order valence-corrected chi connectivity index (χ0v) is 13.3. The van der Waals surface area contributed by atoms with E-state index in [9.17, 15) is 17.6 Å². The number of hydrogen-bond acceptors (Lipinski definition) is 4.